The van der Waals surface area contributed by atoms with Gasteiger partial charge in [0.15, 0.2) is 5.82 Å². The van der Waals surface area contributed by atoms with Crippen molar-refractivity contribution in [1.82, 2.24) is 15.2 Å². The average Bonchev–Trinajstić information content (AvgIpc) is 3.17. The monoisotopic (exact) mass is 349 g/mol. The van der Waals surface area contributed by atoms with Gasteiger partial charge in [-0.05, 0) is 23.6 Å². The molecule has 0 aliphatic heterocycles. The summed E-state index contributed by atoms with van der Waals surface area (Å²) in [6.07, 6.45) is 0. The highest BCUT2D eigenvalue weighted by Crippen LogP contribution is 2.25. The van der Waals surface area contributed by atoms with Crippen LogP contribution in [0.5, 0.6) is 0 Å². The first-order valence-corrected chi connectivity index (χ1v) is 7.52. The van der Waals surface area contributed by atoms with E-state index in [0.29, 0.717) is 5.82 Å². The molecule has 3 aromatic rings. The van der Waals surface area contributed by atoms with Crippen LogP contribution in [0, 0.1) is 10.1 Å². The maximum absolute atomic E-state index is 12.2. The molecule has 3 rings (SSSR count). The molecule has 0 atom stereocenters. The van der Waals surface area contributed by atoms with Gasteiger partial charge < -0.3 is 0 Å². The molecular weight excluding hydrogens is 342 g/mol. The van der Waals surface area contributed by atoms with E-state index in [9.17, 15) is 14.9 Å². The first kappa shape index (κ1) is 15.1. The number of aromatic nitrogens is 3. The molecule has 0 aliphatic rings. The largest absolute Gasteiger partial charge is 0.289 e. The van der Waals surface area contributed by atoms with Gasteiger partial charge in [-0.3, -0.25) is 25.3 Å². The standard InChI is InChI=1S/C13H8ClN5O3S/c14-7-3-4-8(9(6-7)19(21)22)12(20)16-13-15-11(17-18-13)10-2-1-5-23-10/h1-6H,(H2,15,16,17,18,20). The van der Waals surface area contributed by atoms with Gasteiger partial charge >= 0.3 is 0 Å². The molecule has 10 heteroatoms. The Bertz CT molecular complexity index is 878. The number of amides is 1. The first-order chi connectivity index (χ1) is 11.0. The van der Waals surface area contributed by atoms with E-state index in [1.165, 1.54) is 23.5 Å². The van der Waals surface area contributed by atoms with E-state index in [1.54, 1.807) is 0 Å². The maximum atomic E-state index is 12.2. The number of hydrogen-bond donors (Lipinski definition) is 2. The molecule has 0 aliphatic carbocycles. The lowest BCUT2D eigenvalue weighted by atomic mass is 10.1. The number of nitrogens with zero attached hydrogens (tertiary/aromatic N) is 3. The van der Waals surface area contributed by atoms with Crippen LogP contribution < -0.4 is 5.32 Å². The van der Waals surface area contributed by atoms with E-state index in [4.69, 9.17) is 11.6 Å². The van der Waals surface area contributed by atoms with Gasteiger partial charge in [-0.2, -0.15) is 4.98 Å². The molecule has 0 radical (unpaired) electrons. The number of H-pyrrole nitrogens is 1. The normalized spacial score (nSPS) is 10.5. The number of carbonyl (C=O) groups excluding carboxylic acids is 1. The Morgan fingerprint density at radius 2 is 2.22 bits per heavy atom. The predicted molar refractivity (Wildman–Crippen MR) is 85.8 cm³/mol. The Balaban J connectivity index is 1.84. The summed E-state index contributed by atoms with van der Waals surface area (Å²) in [6.45, 7) is 0. The molecule has 2 heterocycles. The van der Waals surface area contributed by atoms with Crippen LogP contribution in [0.1, 0.15) is 10.4 Å². The molecule has 0 saturated carbocycles. The highest BCUT2D eigenvalue weighted by molar-refractivity contribution is 7.13. The molecule has 2 aromatic heterocycles. The van der Waals surface area contributed by atoms with Crippen LogP contribution in [-0.2, 0) is 0 Å². The van der Waals surface area contributed by atoms with Crippen molar-refractivity contribution >= 4 is 40.5 Å². The number of carbonyl (C=O) groups is 1. The van der Waals surface area contributed by atoms with Crippen molar-refractivity contribution in [3.05, 3.63) is 56.4 Å². The maximum Gasteiger partial charge on any atom is 0.283 e. The molecule has 1 amide bonds. The number of thiophene rings is 1. The first-order valence-electron chi connectivity index (χ1n) is 6.26. The quantitative estimate of drug-likeness (QED) is 0.553. The van der Waals surface area contributed by atoms with E-state index < -0.39 is 10.8 Å². The summed E-state index contributed by atoms with van der Waals surface area (Å²) in [6, 6.07) is 7.51. The van der Waals surface area contributed by atoms with E-state index in [0.717, 1.165) is 10.9 Å². The lowest BCUT2D eigenvalue weighted by molar-refractivity contribution is -0.385. The molecule has 0 spiro atoms. The SMILES string of the molecule is O=C(Nc1n[nH]c(-c2cccs2)n1)c1ccc(Cl)cc1[N+](=O)[O-]. The van der Waals surface area contributed by atoms with Gasteiger partial charge in [-0.25, -0.2) is 0 Å². The van der Waals surface area contributed by atoms with Crippen LogP contribution >= 0.6 is 22.9 Å². The second-order valence-corrected chi connectivity index (χ2v) is 5.74. The fourth-order valence-corrected chi connectivity index (χ4v) is 2.69. The average molecular weight is 350 g/mol. The number of hydrogen-bond acceptors (Lipinski definition) is 6. The Morgan fingerprint density at radius 3 is 2.91 bits per heavy atom. The van der Waals surface area contributed by atoms with Gasteiger partial charge in [0, 0.05) is 11.1 Å². The van der Waals surface area contributed by atoms with Crippen molar-refractivity contribution in [3.8, 4) is 10.7 Å². The third kappa shape index (κ3) is 3.20. The molecule has 0 fully saturated rings. The van der Waals surface area contributed by atoms with Crippen molar-refractivity contribution in [2.75, 3.05) is 5.32 Å². The predicted octanol–water partition coefficient (Wildman–Crippen LogP) is 3.35. The fourth-order valence-electron chi connectivity index (χ4n) is 1.86. The van der Waals surface area contributed by atoms with Gasteiger partial charge in [0.05, 0.1) is 9.80 Å². The lowest BCUT2D eigenvalue weighted by Gasteiger charge is -2.02. The van der Waals surface area contributed by atoms with Crippen LogP contribution in [0.25, 0.3) is 10.7 Å². The molecule has 8 nitrogen and oxygen atoms in total. The number of nitro benzene ring substituents is 1. The highest BCUT2D eigenvalue weighted by atomic mass is 35.5. The van der Waals surface area contributed by atoms with Gasteiger partial charge in [0.2, 0.25) is 5.95 Å². The van der Waals surface area contributed by atoms with Crippen molar-refractivity contribution in [3.63, 3.8) is 0 Å². The number of nitro groups is 1. The third-order valence-electron chi connectivity index (χ3n) is 2.87. The Labute approximate surface area is 138 Å². The molecular formula is C13H8ClN5O3S. The summed E-state index contributed by atoms with van der Waals surface area (Å²) in [5.74, 6) is -0.159. The van der Waals surface area contributed by atoms with Crippen molar-refractivity contribution < 1.29 is 9.72 Å². The fraction of sp³-hybridized carbons (Fsp3) is 0. The minimum absolute atomic E-state index is 0.0302. The van der Waals surface area contributed by atoms with Crippen LogP contribution in [0.3, 0.4) is 0 Å². The zero-order valence-corrected chi connectivity index (χ0v) is 12.9. The molecule has 2 N–H and O–H groups in total. The number of halogens is 1. The topological polar surface area (TPSA) is 114 Å². The van der Waals surface area contributed by atoms with Gasteiger partial charge in [-0.1, -0.05) is 17.7 Å². The number of benzene rings is 1. The molecule has 23 heavy (non-hydrogen) atoms. The zero-order valence-electron chi connectivity index (χ0n) is 11.3. The van der Waals surface area contributed by atoms with Crippen LogP contribution in [0.15, 0.2) is 35.7 Å². The van der Waals surface area contributed by atoms with Crippen LogP contribution in [0.4, 0.5) is 11.6 Å². The number of aromatic amines is 1. The Kier molecular flexibility index (Phi) is 4.04. The second-order valence-electron chi connectivity index (χ2n) is 4.36. The van der Waals surface area contributed by atoms with Gasteiger partial charge in [0.25, 0.3) is 11.6 Å². The second kappa shape index (κ2) is 6.15. The molecule has 0 bridgehead atoms. The summed E-state index contributed by atoms with van der Waals surface area (Å²) < 4.78 is 0. The minimum Gasteiger partial charge on any atom is -0.289 e. The lowest BCUT2D eigenvalue weighted by Crippen LogP contribution is -2.14. The van der Waals surface area contributed by atoms with Crippen LogP contribution in [0.2, 0.25) is 5.02 Å². The van der Waals surface area contributed by atoms with E-state index in [1.807, 2.05) is 17.5 Å². The smallest absolute Gasteiger partial charge is 0.283 e. The summed E-state index contributed by atoms with van der Waals surface area (Å²) in [7, 11) is 0. The highest BCUT2D eigenvalue weighted by Gasteiger charge is 2.21. The number of anilines is 1. The van der Waals surface area contributed by atoms with E-state index >= 15 is 0 Å². The Hall–Kier alpha value is -2.78. The summed E-state index contributed by atoms with van der Waals surface area (Å²) >= 11 is 7.18. The van der Waals surface area contributed by atoms with E-state index in [-0.39, 0.29) is 22.2 Å². The Morgan fingerprint density at radius 1 is 1.39 bits per heavy atom. The summed E-state index contributed by atoms with van der Waals surface area (Å²) in [5, 5.41) is 22.1. The third-order valence-corrected chi connectivity index (χ3v) is 3.98. The number of rotatable bonds is 4. The molecule has 0 saturated heterocycles. The molecule has 1 aromatic carbocycles. The zero-order chi connectivity index (χ0) is 16.4. The van der Waals surface area contributed by atoms with Gasteiger partial charge in [0.1, 0.15) is 5.56 Å². The van der Waals surface area contributed by atoms with Crippen LogP contribution in [-0.4, -0.2) is 26.0 Å². The van der Waals surface area contributed by atoms with Gasteiger partial charge in [-0.15, -0.1) is 16.4 Å². The minimum atomic E-state index is -0.690. The summed E-state index contributed by atoms with van der Waals surface area (Å²) in [4.78, 5) is 27.5. The number of nitrogens with one attached hydrogen (secondary N) is 2. The van der Waals surface area contributed by atoms with Crippen molar-refractivity contribution in [2.45, 2.75) is 0 Å². The molecule has 0 unspecified atom stereocenters. The van der Waals surface area contributed by atoms with Crippen molar-refractivity contribution in [2.24, 2.45) is 0 Å². The molecule has 116 valence electrons. The summed E-state index contributed by atoms with van der Waals surface area (Å²) in [5.41, 5.74) is -0.508. The van der Waals surface area contributed by atoms with Crippen molar-refractivity contribution in [1.29, 1.82) is 0 Å². The van der Waals surface area contributed by atoms with E-state index in [2.05, 4.69) is 20.5 Å².